The highest BCUT2D eigenvalue weighted by atomic mass is 32.2. The van der Waals surface area contributed by atoms with E-state index in [-0.39, 0.29) is 0 Å². The average molecular weight is 347 g/mol. The van der Waals surface area contributed by atoms with Crippen LogP contribution in [-0.4, -0.2) is 60.0 Å². The minimum Gasteiger partial charge on any atom is -0.370 e. The van der Waals surface area contributed by atoms with Crippen LogP contribution in [0.1, 0.15) is 31.4 Å². The summed E-state index contributed by atoms with van der Waals surface area (Å²) >= 11 is 2.00. The van der Waals surface area contributed by atoms with Gasteiger partial charge in [0.25, 0.3) is 0 Å². The fourth-order valence-corrected chi connectivity index (χ4v) is 4.42. The van der Waals surface area contributed by atoms with Crippen molar-refractivity contribution in [3.63, 3.8) is 0 Å². The maximum absolute atomic E-state index is 6.27. The van der Waals surface area contributed by atoms with Crippen molar-refractivity contribution < 1.29 is 0 Å². The molecule has 1 unspecified atom stereocenters. The normalized spacial score (nSPS) is 22.5. The van der Waals surface area contributed by atoms with Gasteiger partial charge in [-0.25, -0.2) is 0 Å². The quantitative estimate of drug-likeness (QED) is 0.673. The van der Waals surface area contributed by atoms with Crippen LogP contribution in [0.5, 0.6) is 0 Å². The van der Waals surface area contributed by atoms with Crippen LogP contribution < -0.4 is 5.73 Å². The van der Waals surface area contributed by atoms with E-state index in [2.05, 4.69) is 47.1 Å². The maximum Gasteiger partial charge on any atom is 0.191 e. The number of rotatable bonds is 4. The second-order valence-corrected chi connectivity index (χ2v) is 8.17. The first-order valence-electron chi connectivity index (χ1n) is 9.15. The van der Waals surface area contributed by atoms with E-state index in [1.807, 2.05) is 11.8 Å². The molecule has 3 rings (SSSR count). The number of nitrogens with two attached hydrogens (primary N) is 1. The monoisotopic (exact) mass is 346 g/mol. The molecular formula is C19H30N4S. The number of benzene rings is 1. The first kappa shape index (κ1) is 17.6. The molecule has 2 aliphatic heterocycles. The molecule has 0 bridgehead atoms. The Morgan fingerprint density at radius 2 is 1.83 bits per heavy atom. The predicted molar refractivity (Wildman–Crippen MR) is 105 cm³/mol. The highest BCUT2D eigenvalue weighted by Crippen LogP contribution is 2.27. The molecule has 0 aromatic heterocycles. The number of aliphatic imine (C=N–C) groups is 1. The van der Waals surface area contributed by atoms with Crippen molar-refractivity contribution in [1.29, 1.82) is 0 Å². The Kier molecular flexibility index (Phi) is 6.44. The van der Waals surface area contributed by atoms with Gasteiger partial charge in [0.05, 0.1) is 12.6 Å². The summed E-state index contributed by atoms with van der Waals surface area (Å²) in [5, 5.41) is 0. The number of likely N-dealkylation sites (tertiary alicyclic amines) is 1. The van der Waals surface area contributed by atoms with Crippen molar-refractivity contribution >= 4 is 17.7 Å². The Bertz CT molecular complexity index is 519. The lowest BCUT2D eigenvalue weighted by molar-refractivity contribution is 0.141. The summed E-state index contributed by atoms with van der Waals surface area (Å²) in [6.45, 7) is 7.49. The second-order valence-electron chi connectivity index (χ2n) is 6.94. The summed E-state index contributed by atoms with van der Waals surface area (Å²) in [6, 6.07) is 11.1. The molecule has 1 atom stereocenters. The zero-order chi connectivity index (χ0) is 16.8. The molecule has 0 amide bonds. The Labute approximate surface area is 150 Å². The van der Waals surface area contributed by atoms with Crippen LogP contribution >= 0.6 is 11.8 Å². The minimum atomic E-state index is 0.344. The molecule has 2 N–H and O–H groups in total. The highest BCUT2D eigenvalue weighted by molar-refractivity contribution is 7.99. The number of nitrogens with zero attached hydrogens (tertiary/aromatic N) is 3. The molecule has 0 radical (unpaired) electrons. The van der Waals surface area contributed by atoms with E-state index in [1.54, 1.807) is 0 Å². The molecule has 5 heteroatoms. The molecule has 2 aliphatic rings. The first-order valence-corrected chi connectivity index (χ1v) is 10.3. The van der Waals surface area contributed by atoms with Crippen LogP contribution in [-0.2, 0) is 0 Å². The van der Waals surface area contributed by atoms with Crippen LogP contribution in [0.15, 0.2) is 35.3 Å². The van der Waals surface area contributed by atoms with Crippen LogP contribution in [0.3, 0.4) is 0 Å². The molecule has 4 nitrogen and oxygen atoms in total. The maximum atomic E-state index is 6.27. The van der Waals surface area contributed by atoms with E-state index in [9.17, 15) is 0 Å². The van der Waals surface area contributed by atoms with Gasteiger partial charge in [-0.15, -0.1) is 0 Å². The fraction of sp³-hybridized carbons (Fsp3) is 0.632. The van der Waals surface area contributed by atoms with E-state index < -0.39 is 0 Å². The SMILES string of the molecule is CC1CCN(C(CN=C(N)N2CCSCC2)c2ccccc2)CC1. The van der Waals surface area contributed by atoms with Crippen LogP contribution in [0.25, 0.3) is 0 Å². The molecule has 1 aromatic carbocycles. The third-order valence-corrected chi connectivity index (χ3v) is 6.15. The smallest absolute Gasteiger partial charge is 0.191 e. The summed E-state index contributed by atoms with van der Waals surface area (Å²) in [6.07, 6.45) is 2.57. The largest absolute Gasteiger partial charge is 0.370 e. The van der Waals surface area contributed by atoms with Gasteiger partial charge < -0.3 is 10.6 Å². The van der Waals surface area contributed by atoms with Crippen LogP contribution in [0, 0.1) is 5.92 Å². The topological polar surface area (TPSA) is 44.9 Å². The van der Waals surface area contributed by atoms with Crippen molar-refractivity contribution in [2.75, 3.05) is 44.2 Å². The van der Waals surface area contributed by atoms with Crippen molar-refractivity contribution in [1.82, 2.24) is 9.80 Å². The van der Waals surface area contributed by atoms with Gasteiger partial charge in [-0.1, -0.05) is 37.3 Å². The zero-order valence-electron chi connectivity index (χ0n) is 14.7. The molecule has 132 valence electrons. The summed E-state index contributed by atoms with van der Waals surface area (Å²) in [5.74, 6) is 3.88. The van der Waals surface area contributed by atoms with Gasteiger partial charge in [0.2, 0.25) is 0 Å². The molecule has 0 aliphatic carbocycles. The molecule has 2 saturated heterocycles. The van der Waals surface area contributed by atoms with Gasteiger partial charge in [-0.2, -0.15) is 11.8 Å². The predicted octanol–water partition coefficient (Wildman–Crippen LogP) is 2.82. The molecule has 0 saturated carbocycles. The Morgan fingerprint density at radius 3 is 2.50 bits per heavy atom. The van der Waals surface area contributed by atoms with Crippen molar-refractivity contribution in [3.05, 3.63) is 35.9 Å². The number of hydrogen-bond donors (Lipinski definition) is 1. The third kappa shape index (κ3) is 4.67. The van der Waals surface area contributed by atoms with Crippen molar-refractivity contribution in [3.8, 4) is 0 Å². The van der Waals surface area contributed by atoms with Gasteiger partial charge in [0.15, 0.2) is 5.96 Å². The van der Waals surface area contributed by atoms with Gasteiger partial charge in [-0.05, 0) is 37.4 Å². The Balaban J connectivity index is 1.70. The van der Waals surface area contributed by atoms with Crippen molar-refractivity contribution in [2.24, 2.45) is 16.6 Å². The van der Waals surface area contributed by atoms with Gasteiger partial charge >= 0.3 is 0 Å². The summed E-state index contributed by atoms with van der Waals surface area (Å²) in [7, 11) is 0. The fourth-order valence-electron chi connectivity index (χ4n) is 3.52. The lowest BCUT2D eigenvalue weighted by atomic mass is 9.96. The lowest BCUT2D eigenvalue weighted by Crippen LogP contribution is -2.43. The summed E-state index contributed by atoms with van der Waals surface area (Å²) in [4.78, 5) is 9.62. The minimum absolute atomic E-state index is 0.344. The zero-order valence-corrected chi connectivity index (χ0v) is 15.5. The molecule has 24 heavy (non-hydrogen) atoms. The van der Waals surface area contributed by atoms with Crippen LogP contribution in [0.2, 0.25) is 0 Å². The van der Waals surface area contributed by atoms with E-state index in [4.69, 9.17) is 10.7 Å². The third-order valence-electron chi connectivity index (χ3n) is 5.20. The Morgan fingerprint density at radius 1 is 1.17 bits per heavy atom. The molecule has 1 aromatic rings. The van der Waals surface area contributed by atoms with Gasteiger partial charge in [0.1, 0.15) is 0 Å². The summed E-state index contributed by atoms with van der Waals surface area (Å²) < 4.78 is 0. The Hall–Kier alpha value is -1.20. The second kappa shape index (κ2) is 8.77. The number of guanidine groups is 1. The first-order chi connectivity index (χ1) is 11.7. The van der Waals surface area contributed by atoms with Crippen LogP contribution in [0.4, 0.5) is 0 Å². The van der Waals surface area contributed by atoms with Crippen molar-refractivity contribution in [2.45, 2.75) is 25.8 Å². The van der Waals surface area contributed by atoms with Gasteiger partial charge in [-0.3, -0.25) is 9.89 Å². The summed E-state index contributed by atoms with van der Waals surface area (Å²) in [5.41, 5.74) is 7.63. The lowest BCUT2D eigenvalue weighted by Gasteiger charge is -2.36. The van der Waals surface area contributed by atoms with E-state index in [0.29, 0.717) is 6.04 Å². The van der Waals surface area contributed by atoms with E-state index >= 15 is 0 Å². The number of hydrogen-bond acceptors (Lipinski definition) is 3. The number of thioether (sulfide) groups is 1. The van der Waals surface area contributed by atoms with E-state index in [1.165, 1.54) is 18.4 Å². The molecular weight excluding hydrogens is 316 g/mol. The van der Waals surface area contributed by atoms with Gasteiger partial charge in [0, 0.05) is 24.6 Å². The molecule has 2 heterocycles. The standard InChI is InChI=1S/C19H30N4S/c1-16-7-9-22(10-8-16)18(17-5-3-2-4-6-17)15-21-19(20)23-11-13-24-14-12-23/h2-6,16,18H,7-15H2,1H3,(H2,20,21). The average Bonchev–Trinajstić information content (AvgIpc) is 2.65. The molecule has 2 fully saturated rings. The highest BCUT2D eigenvalue weighted by Gasteiger charge is 2.24. The number of piperidine rings is 1. The molecule has 0 spiro atoms. The van der Waals surface area contributed by atoms with E-state index in [0.717, 1.165) is 56.1 Å².